The van der Waals surface area contributed by atoms with Crippen LogP contribution in [-0.2, 0) is 13.1 Å². The Labute approximate surface area is 116 Å². The highest BCUT2D eigenvalue weighted by Crippen LogP contribution is 2.13. The highest BCUT2D eigenvalue weighted by atomic mass is 79.9. The van der Waals surface area contributed by atoms with E-state index < -0.39 is 0 Å². The van der Waals surface area contributed by atoms with Gasteiger partial charge in [-0.2, -0.15) is 5.10 Å². The van der Waals surface area contributed by atoms with Crippen LogP contribution in [0.2, 0.25) is 0 Å². The molecule has 0 aliphatic rings. The summed E-state index contributed by atoms with van der Waals surface area (Å²) in [4.78, 5) is 4.17. The van der Waals surface area contributed by atoms with Crippen LogP contribution in [0.3, 0.4) is 0 Å². The van der Waals surface area contributed by atoms with Gasteiger partial charge in [-0.1, -0.05) is 6.92 Å². The predicted molar refractivity (Wildman–Crippen MR) is 75.4 cm³/mol. The first kappa shape index (κ1) is 13.2. The highest BCUT2D eigenvalue weighted by molar-refractivity contribution is 9.10. The Balaban J connectivity index is 2.12. The summed E-state index contributed by atoms with van der Waals surface area (Å²) < 4.78 is 3.01. The van der Waals surface area contributed by atoms with Gasteiger partial charge in [-0.15, -0.1) is 0 Å². The van der Waals surface area contributed by atoms with E-state index in [1.807, 2.05) is 17.1 Å². The maximum absolute atomic E-state index is 4.43. The van der Waals surface area contributed by atoms with Gasteiger partial charge in [0, 0.05) is 34.7 Å². The van der Waals surface area contributed by atoms with E-state index in [1.54, 1.807) is 6.20 Å². The zero-order valence-corrected chi connectivity index (χ0v) is 12.2. The van der Waals surface area contributed by atoms with Gasteiger partial charge in [-0.05, 0) is 41.0 Å². The van der Waals surface area contributed by atoms with E-state index in [1.165, 1.54) is 11.3 Å². The van der Waals surface area contributed by atoms with Crippen molar-refractivity contribution >= 4 is 15.9 Å². The predicted octanol–water partition coefficient (Wildman–Crippen LogP) is 2.51. The minimum atomic E-state index is 0.754. The Morgan fingerprint density at radius 3 is 2.89 bits per heavy atom. The van der Waals surface area contributed by atoms with Crippen LogP contribution in [0.1, 0.15) is 23.7 Å². The maximum Gasteiger partial charge on any atom is 0.0677 e. The Bertz CT molecular complexity index is 521. The van der Waals surface area contributed by atoms with E-state index in [4.69, 9.17) is 0 Å². The average molecular weight is 309 g/mol. The lowest BCUT2D eigenvalue weighted by atomic mass is 10.2. The van der Waals surface area contributed by atoms with Crippen LogP contribution in [-0.4, -0.2) is 21.3 Å². The number of pyridine rings is 1. The van der Waals surface area contributed by atoms with Crippen LogP contribution in [0.4, 0.5) is 0 Å². The van der Waals surface area contributed by atoms with Crippen molar-refractivity contribution in [2.75, 3.05) is 6.54 Å². The Morgan fingerprint density at radius 1 is 1.33 bits per heavy atom. The largest absolute Gasteiger partial charge is 0.313 e. The number of rotatable bonds is 5. The summed E-state index contributed by atoms with van der Waals surface area (Å²) in [6, 6.07) is 2.07. The molecule has 0 unspecified atom stereocenters. The van der Waals surface area contributed by atoms with Gasteiger partial charge in [-0.3, -0.25) is 9.67 Å². The zero-order chi connectivity index (χ0) is 13.0. The molecule has 0 fully saturated rings. The van der Waals surface area contributed by atoms with E-state index in [2.05, 4.69) is 51.2 Å². The molecule has 0 amide bonds. The zero-order valence-electron chi connectivity index (χ0n) is 10.7. The van der Waals surface area contributed by atoms with Crippen molar-refractivity contribution in [1.29, 1.82) is 0 Å². The van der Waals surface area contributed by atoms with Crippen molar-refractivity contribution in [1.82, 2.24) is 20.1 Å². The van der Waals surface area contributed by atoms with Crippen molar-refractivity contribution in [2.45, 2.75) is 26.9 Å². The molecule has 0 bridgehead atoms. The number of nitrogens with one attached hydrogen (secondary N) is 1. The first-order valence-corrected chi connectivity index (χ1v) is 6.81. The Hall–Kier alpha value is -1.20. The molecule has 0 spiro atoms. The minimum Gasteiger partial charge on any atom is -0.313 e. The van der Waals surface area contributed by atoms with E-state index in [0.29, 0.717) is 0 Å². The number of halogens is 1. The molecule has 2 aromatic heterocycles. The van der Waals surface area contributed by atoms with Crippen molar-refractivity contribution in [2.24, 2.45) is 0 Å². The second-order valence-corrected chi connectivity index (χ2v) is 5.12. The number of hydrogen-bond donors (Lipinski definition) is 1. The van der Waals surface area contributed by atoms with Crippen LogP contribution < -0.4 is 5.32 Å². The van der Waals surface area contributed by atoms with Gasteiger partial charge in [0.1, 0.15) is 0 Å². The van der Waals surface area contributed by atoms with Crippen LogP contribution in [0.25, 0.3) is 0 Å². The molecule has 4 nitrogen and oxygen atoms in total. The van der Waals surface area contributed by atoms with E-state index >= 15 is 0 Å². The van der Waals surface area contributed by atoms with Crippen molar-refractivity contribution in [3.05, 3.63) is 46.0 Å². The molecule has 0 aromatic carbocycles. The summed E-state index contributed by atoms with van der Waals surface area (Å²) in [5.41, 5.74) is 3.60. The van der Waals surface area contributed by atoms with Gasteiger partial charge < -0.3 is 5.32 Å². The summed E-state index contributed by atoms with van der Waals surface area (Å²) in [5.74, 6) is 0. The van der Waals surface area contributed by atoms with Gasteiger partial charge in [0.25, 0.3) is 0 Å². The molecular weight excluding hydrogens is 292 g/mol. The summed E-state index contributed by atoms with van der Waals surface area (Å²) in [6.45, 7) is 6.81. The molecule has 0 aliphatic heterocycles. The molecular formula is C13H17BrN4. The molecule has 0 atom stereocenters. The van der Waals surface area contributed by atoms with Gasteiger partial charge in [0.15, 0.2) is 0 Å². The van der Waals surface area contributed by atoms with Crippen LogP contribution in [0.15, 0.2) is 29.1 Å². The summed E-state index contributed by atoms with van der Waals surface area (Å²) in [6.07, 6.45) is 5.59. The molecule has 18 heavy (non-hydrogen) atoms. The molecule has 2 aromatic rings. The fourth-order valence-corrected chi connectivity index (χ4v) is 2.21. The number of nitrogens with zero attached hydrogens (tertiary/aromatic N) is 3. The normalized spacial score (nSPS) is 10.8. The second-order valence-electron chi connectivity index (χ2n) is 4.20. The van der Waals surface area contributed by atoms with Gasteiger partial charge >= 0.3 is 0 Å². The quantitative estimate of drug-likeness (QED) is 0.923. The van der Waals surface area contributed by atoms with E-state index in [-0.39, 0.29) is 0 Å². The molecule has 96 valence electrons. The topological polar surface area (TPSA) is 42.7 Å². The van der Waals surface area contributed by atoms with Crippen LogP contribution >= 0.6 is 15.9 Å². The van der Waals surface area contributed by atoms with Gasteiger partial charge in [-0.25, -0.2) is 0 Å². The third kappa shape index (κ3) is 3.17. The molecule has 2 rings (SSSR count). The third-order valence-electron chi connectivity index (χ3n) is 2.86. The average Bonchev–Trinajstić information content (AvgIpc) is 2.69. The fraction of sp³-hybridized carbons (Fsp3) is 0.385. The first-order chi connectivity index (χ1) is 8.70. The lowest BCUT2D eigenvalue weighted by molar-refractivity contribution is 0.657. The minimum absolute atomic E-state index is 0.754. The number of hydrogen-bond acceptors (Lipinski definition) is 3. The standard InChI is InChI=1S/C13H17BrN4/c1-3-15-6-12-7-17-18(10(12)2)9-11-4-13(14)8-16-5-11/h4-5,7-8,15H,3,6,9H2,1-2H3. The highest BCUT2D eigenvalue weighted by Gasteiger charge is 2.06. The van der Waals surface area contributed by atoms with E-state index in [0.717, 1.165) is 29.7 Å². The van der Waals surface area contributed by atoms with Crippen molar-refractivity contribution in [3.8, 4) is 0 Å². The SMILES string of the molecule is CCNCc1cnn(Cc2cncc(Br)c2)c1C. The third-order valence-corrected chi connectivity index (χ3v) is 3.30. The maximum atomic E-state index is 4.43. The van der Waals surface area contributed by atoms with Gasteiger partial charge in [0.2, 0.25) is 0 Å². The van der Waals surface area contributed by atoms with Crippen molar-refractivity contribution in [3.63, 3.8) is 0 Å². The van der Waals surface area contributed by atoms with Crippen LogP contribution in [0, 0.1) is 6.92 Å². The summed E-state index contributed by atoms with van der Waals surface area (Å²) in [7, 11) is 0. The lowest BCUT2D eigenvalue weighted by Gasteiger charge is -2.06. The van der Waals surface area contributed by atoms with Crippen LogP contribution in [0.5, 0.6) is 0 Å². The molecule has 0 saturated carbocycles. The molecule has 0 saturated heterocycles. The molecule has 5 heteroatoms. The first-order valence-electron chi connectivity index (χ1n) is 6.02. The summed E-state index contributed by atoms with van der Waals surface area (Å²) >= 11 is 3.43. The second kappa shape index (κ2) is 6.11. The molecule has 0 radical (unpaired) electrons. The smallest absolute Gasteiger partial charge is 0.0677 e. The molecule has 2 heterocycles. The lowest BCUT2D eigenvalue weighted by Crippen LogP contribution is -2.12. The number of aromatic nitrogens is 3. The molecule has 1 N–H and O–H groups in total. The Morgan fingerprint density at radius 2 is 2.17 bits per heavy atom. The molecule has 0 aliphatic carbocycles. The summed E-state index contributed by atoms with van der Waals surface area (Å²) in [5, 5.41) is 7.75. The Kier molecular flexibility index (Phi) is 4.49. The fourth-order valence-electron chi connectivity index (χ4n) is 1.79. The van der Waals surface area contributed by atoms with E-state index in [9.17, 15) is 0 Å². The monoisotopic (exact) mass is 308 g/mol. The van der Waals surface area contributed by atoms with Crippen molar-refractivity contribution < 1.29 is 0 Å². The van der Waals surface area contributed by atoms with Gasteiger partial charge in [0.05, 0.1) is 12.7 Å².